The van der Waals surface area contributed by atoms with Crippen LogP contribution in [0.15, 0.2) is 18.2 Å². The number of hydrogen-bond acceptors (Lipinski definition) is 3. The number of amides is 1. The van der Waals surface area contributed by atoms with Crippen molar-refractivity contribution in [1.82, 2.24) is 4.90 Å². The van der Waals surface area contributed by atoms with E-state index in [0.29, 0.717) is 29.4 Å². The Hall–Kier alpha value is -0.780. The standard InChI is InChI=1S/C16H21Cl2NO3S/c1-11(2)7-16(20)19(14-5-6-23(21,22)10-14)9-12-3-4-13(17)8-15(12)18/h3-4,8,11,14H,5-7,9-10H2,1-2H3. The number of rotatable bonds is 5. The molecule has 1 saturated heterocycles. The van der Waals surface area contributed by atoms with Crippen LogP contribution >= 0.6 is 23.2 Å². The Bertz CT molecular complexity index is 689. The summed E-state index contributed by atoms with van der Waals surface area (Å²) in [6.07, 6.45) is 0.874. The summed E-state index contributed by atoms with van der Waals surface area (Å²) in [5.74, 6) is 0.344. The van der Waals surface area contributed by atoms with Crippen molar-refractivity contribution in [2.75, 3.05) is 11.5 Å². The lowest BCUT2D eigenvalue weighted by Crippen LogP contribution is -2.41. The van der Waals surface area contributed by atoms with Gasteiger partial charge >= 0.3 is 0 Å². The maximum absolute atomic E-state index is 12.6. The second-order valence-electron chi connectivity index (χ2n) is 6.41. The summed E-state index contributed by atoms with van der Waals surface area (Å²) < 4.78 is 23.5. The molecule has 1 unspecified atom stereocenters. The first-order chi connectivity index (χ1) is 10.7. The van der Waals surface area contributed by atoms with Gasteiger partial charge in [-0.05, 0) is 30.0 Å². The lowest BCUT2D eigenvalue weighted by molar-refractivity contribution is -0.134. The lowest BCUT2D eigenvalue weighted by atomic mass is 10.1. The fourth-order valence-electron chi connectivity index (χ4n) is 2.74. The minimum atomic E-state index is -3.06. The van der Waals surface area contributed by atoms with Crippen LogP contribution in [0.25, 0.3) is 0 Å². The molecule has 0 N–H and O–H groups in total. The van der Waals surface area contributed by atoms with Gasteiger partial charge in [-0.25, -0.2) is 8.42 Å². The molecule has 1 fully saturated rings. The summed E-state index contributed by atoms with van der Waals surface area (Å²) in [5.41, 5.74) is 0.775. The quantitative estimate of drug-likeness (QED) is 0.787. The molecule has 4 nitrogen and oxygen atoms in total. The van der Waals surface area contributed by atoms with Crippen LogP contribution < -0.4 is 0 Å². The van der Waals surface area contributed by atoms with Gasteiger partial charge in [-0.1, -0.05) is 43.1 Å². The molecule has 1 atom stereocenters. The van der Waals surface area contributed by atoms with Crippen LogP contribution in [0, 0.1) is 5.92 Å². The third-order valence-electron chi connectivity index (χ3n) is 3.91. The van der Waals surface area contributed by atoms with Gasteiger partial charge in [-0.2, -0.15) is 0 Å². The second-order valence-corrected chi connectivity index (χ2v) is 9.48. The van der Waals surface area contributed by atoms with Crippen molar-refractivity contribution in [1.29, 1.82) is 0 Å². The van der Waals surface area contributed by atoms with Crippen LogP contribution in [0.5, 0.6) is 0 Å². The van der Waals surface area contributed by atoms with Gasteiger partial charge in [0, 0.05) is 29.1 Å². The summed E-state index contributed by atoms with van der Waals surface area (Å²) in [4.78, 5) is 14.3. The van der Waals surface area contributed by atoms with Crippen LogP contribution in [-0.2, 0) is 21.2 Å². The summed E-state index contributed by atoms with van der Waals surface area (Å²) >= 11 is 12.1. The van der Waals surface area contributed by atoms with Crippen molar-refractivity contribution in [2.24, 2.45) is 5.92 Å². The van der Waals surface area contributed by atoms with E-state index in [9.17, 15) is 13.2 Å². The molecular formula is C16H21Cl2NO3S. The average molecular weight is 378 g/mol. The molecule has 7 heteroatoms. The van der Waals surface area contributed by atoms with E-state index in [1.165, 1.54) is 0 Å². The van der Waals surface area contributed by atoms with E-state index in [1.807, 2.05) is 13.8 Å². The number of nitrogens with zero attached hydrogens (tertiary/aromatic N) is 1. The zero-order valence-corrected chi connectivity index (χ0v) is 15.6. The third kappa shape index (κ3) is 5.10. The molecule has 0 spiro atoms. The highest BCUT2D eigenvalue weighted by molar-refractivity contribution is 7.91. The van der Waals surface area contributed by atoms with Crippen molar-refractivity contribution in [3.63, 3.8) is 0 Å². The first-order valence-electron chi connectivity index (χ1n) is 7.62. The van der Waals surface area contributed by atoms with E-state index in [-0.39, 0.29) is 29.4 Å². The summed E-state index contributed by atoms with van der Waals surface area (Å²) in [6.45, 7) is 4.25. The Kier molecular flexibility index (Phi) is 5.98. The molecule has 0 saturated carbocycles. The Morgan fingerprint density at radius 2 is 2.04 bits per heavy atom. The van der Waals surface area contributed by atoms with Crippen molar-refractivity contribution in [2.45, 2.75) is 39.3 Å². The normalized spacial score (nSPS) is 20.0. The molecule has 0 aromatic heterocycles. The van der Waals surface area contributed by atoms with Gasteiger partial charge in [0.2, 0.25) is 5.91 Å². The Labute approximate surface area is 147 Å². The summed E-state index contributed by atoms with van der Waals surface area (Å²) in [6, 6.07) is 4.86. The number of hydrogen-bond donors (Lipinski definition) is 0. The van der Waals surface area contributed by atoms with Gasteiger partial charge < -0.3 is 4.90 Å². The van der Waals surface area contributed by atoms with E-state index in [0.717, 1.165) is 5.56 Å². The molecule has 1 aliphatic rings. The number of carbonyl (C=O) groups excluding carboxylic acids is 1. The molecule has 128 valence electrons. The molecule has 1 aromatic rings. The number of sulfone groups is 1. The summed E-state index contributed by atoms with van der Waals surface area (Å²) in [5, 5.41) is 1.02. The largest absolute Gasteiger partial charge is 0.334 e. The second kappa shape index (κ2) is 7.41. The van der Waals surface area contributed by atoms with E-state index < -0.39 is 9.84 Å². The highest BCUT2D eigenvalue weighted by atomic mass is 35.5. The average Bonchev–Trinajstić information content (AvgIpc) is 2.77. The number of carbonyl (C=O) groups is 1. The summed E-state index contributed by atoms with van der Waals surface area (Å²) in [7, 11) is -3.06. The molecule has 0 radical (unpaired) electrons. The number of halogens is 2. The van der Waals surface area contributed by atoms with Gasteiger partial charge in [0.05, 0.1) is 11.5 Å². The highest BCUT2D eigenvalue weighted by Crippen LogP contribution is 2.26. The molecule has 23 heavy (non-hydrogen) atoms. The van der Waals surface area contributed by atoms with Crippen molar-refractivity contribution in [3.8, 4) is 0 Å². The van der Waals surface area contributed by atoms with E-state index >= 15 is 0 Å². The minimum absolute atomic E-state index is 0.0298. The van der Waals surface area contributed by atoms with E-state index in [2.05, 4.69) is 0 Å². The SMILES string of the molecule is CC(C)CC(=O)N(Cc1ccc(Cl)cc1Cl)C1CCS(=O)(=O)C1. The van der Waals surface area contributed by atoms with E-state index in [4.69, 9.17) is 23.2 Å². The van der Waals surface area contributed by atoms with Gasteiger partial charge in [0.25, 0.3) is 0 Å². The van der Waals surface area contributed by atoms with Crippen molar-refractivity contribution in [3.05, 3.63) is 33.8 Å². The molecule has 1 aromatic carbocycles. The first kappa shape index (κ1) is 18.6. The van der Waals surface area contributed by atoms with Gasteiger partial charge in [-0.3, -0.25) is 4.79 Å². The molecule has 1 heterocycles. The van der Waals surface area contributed by atoms with Gasteiger partial charge in [0.15, 0.2) is 9.84 Å². The van der Waals surface area contributed by atoms with Gasteiger partial charge in [0.1, 0.15) is 0 Å². The van der Waals surface area contributed by atoms with Crippen LogP contribution in [0.1, 0.15) is 32.3 Å². The molecule has 1 aliphatic heterocycles. The minimum Gasteiger partial charge on any atom is -0.334 e. The van der Waals surface area contributed by atoms with Crippen LogP contribution in [0.3, 0.4) is 0 Å². The topological polar surface area (TPSA) is 54.5 Å². The Balaban J connectivity index is 2.24. The number of benzene rings is 1. The van der Waals surface area contributed by atoms with E-state index in [1.54, 1.807) is 23.1 Å². The molecule has 0 bridgehead atoms. The first-order valence-corrected chi connectivity index (χ1v) is 10.2. The highest BCUT2D eigenvalue weighted by Gasteiger charge is 2.34. The zero-order chi connectivity index (χ0) is 17.2. The van der Waals surface area contributed by atoms with Gasteiger partial charge in [-0.15, -0.1) is 0 Å². The lowest BCUT2D eigenvalue weighted by Gasteiger charge is -2.29. The maximum Gasteiger partial charge on any atom is 0.223 e. The zero-order valence-electron chi connectivity index (χ0n) is 13.3. The smallest absolute Gasteiger partial charge is 0.223 e. The maximum atomic E-state index is 12.6. The van der Waals surface area contributed by atoms with Crippen LogP contribution in [-0.4, -0.2) is 36.8 Å². The predicted molar refractivity (Wildman–Crippen MR) is 93.5 cm³/mol. The van der Waals surface area contributed by atoms with Crippen molar-refractivity contribution >= 4 is 38.9 Å². The predicted octanol–water partition coefficient (Wildman–Crippen LogP) is 3.56. The van der Waals surface area contributed by atoms with Crippen LogP contribution in [0.4, 0.5) is 0 Å². The monoisotopic (exact) mass is 377 g/mol. The Morgan fingerprint density at radius 3 is 2.57 bits per heavy atom. The fraction of sp³-hybridized carbons (Fsp3) is 0.562. The molecular weight excluding hydrogens is 357 g/mol. The fourth-order valence-corrected chi connectivity index (χ4v) is 4.94. The molecule has 0 aliphatic carbocycles. The van der Waals surface area contributed by atoms with Crippen molar-refractivity contribution < 1.29 is 13.2 Å². The Morgan fingerprint density at radius 1 is 1.35 bits per heavy atom. The van der Waals surface area contributed by atoms with Crippen LogP contribution in [0.2, 0.25) is 10.0 Å². The molecule has 2 rings (SSSR count). The third-order valence-corrected chi connectivity index (χ3v) is 6.25. The molecule has 1 amide bonds.